The van der Waals surface area contributed by atoms with Gasteiger partial charge in [0.05, 0.1) is 20.2 Å². The van der Waals surface area contributed by atoms with Crippen LogP contribution in [0.25, 0.3) is 0 Å². The van der Waals surface area contributed by atoms with Gasteiger partial charge in [0, 0.05) is 10.9 Å². The molecule has 0 radical (unpaired) electrons. The molecule has 0 saturated carbocycles. The van der Waals surface area contributed by atoms with E-state index >= 15 is 0 Å². The van der Waals surface area contributed by atoms with Crippen LogP contribution in [0.15, 0.2) is 30.2 Å². The molecular weight excluding hydrogens is 484 g/mol. The first-order chi connectivity index (χ1) is 10.1. The van der Waals surface area contributed by atoms with E-state index in [0.717, 1.165) is 42.8 Å². The lowest BCUT2D eigenvalue weighted by Crippen LogP contribution is -2.29. The van der Waals surface area contributed by atoms with E-state index in [1.54, 1.807) is 11.3 Å². The van der Waals surface area contributed by atoms with Gasteiger partial charge < -0.3 is 4.74 Å². The summed E-state index contributed by atoms with van der Waals surface area (Å²) in [4.78, 5) is 0. The van der Waals surface area contributed by atoms with E-state index in [-0.39, 0.29) is 6.04 Å². The van der Waals surface area contributed by atoms with Crippen molar-refractivity contribution in [3.05, 3.63) is 46.9 Å². The van der Waals surface area contributed by atoms with Crippen molar-refractivity contribution in [3.8, 4) is 5.75 Å². The lowest BCUT2D eigenvalue weighted by Gasteiger charge is -2.17. The summed E-state index contributed by atoms with van der Waals surface area (Å²) in [5.74, 6) is 6.80. The van der Waals surface area contributed by atoms with Crippen LogP contribution in [0.2, 0.25) is 0 Å². The Morgan fingerprint density at radius 1 is 1.29 bits per heavy atom. The fraction of sp³-hybridized carbons (Fsp3) is 0.286. The Morgan fingerprint density at radius 2 is 2.10 bits per heavy atom. The van der Waals surface area contributed by atoms with Gasteiger partial charge in [-0.15, -0.1) is 11.3 Å². The van der Waals surface area contributed by atoms with Gasteiger partial charge in [0.2, 0.25) is 0 Å². The molecule has 0 spiro atoms. The number of nitrogens with two attached hydrogens (primary N) is 1. The molecule has 21 heavy (non-hydrogen) atoms. The van der Waals surface area contributed by atoms with Crippen LogP contribution < -0.4 is 16.0 Å². The zero-order valence-corrected chi connectivity index (χ0v) is 16.5. The van der Waals surface area contributed by atoms with Crippen LogP contribution in [-0.4, -0.2) is 6.61 Å². The Labute approximate surface area is 152 Å². The van der Waals surface area contributed by atoms with E-state index < -0.39 is 0 Å². The van der Waals surface area contributed by atoms with E-state index in [1.165, 1.54) is 11.1 Å². The summed E-state index contributed by atoms with van der Waals surface area (Å²) in [6, 6.07) is 6.38. The lowest BCUT2D eigenvalue weighted by molar-refractivity contribution is 0.351. The maximum Gasteiger partial charge on any atom is 0.125 e. The molecule has 0 aliphatic carbocycles. The first-order valence-electron chi connectivity index (χ1n) is 6.43. The molecule has 1 aromatic carbocycles. The minimum Gasteiger partial charge on any atom is -0.493 e. The summed E-state index contributed by atoms with van der Waals surface area (Å²) in [6.45, 7) is 0.757. The predicted molar refractivity (Wildman–Crippen MR) is 96.8 cm³/mol. The van der Waals surface area contributed by atoms with E-state index in [9.17, 15) is 0 Å². The topological polar surface area (TPSA) is 47.3 Å². The average Bonchev–Trinajstić information content (AvgIpc) is 3.02. The molecule has 0 fully saturated rings. The first-order valence-corrected chi connectivity index (χ1v) is 9.63. The van der Waals surface area contributed by atoms with Gasteiger partial charge in [0.1, 0.15) is 5.75 Å². The third kappa shape index (κ3) is 3.38. The smallest absolute Gasteiger partial charge is 0.125 e. The number of fused-ring (bicyclic) bond motifs is 1. The molecule has 0 bridgehead atoms. The number of nitrogens with one attached hydrogen (secondary N) is 1. The van der Waals surface area contributed by atoms with E-state index in [1.807, 2.05) is 0 Å². The maximum absolute atomic E-state index is 5.79. The average molecular weight is 497 g/mol. The standard InChI is InChI=1S/C14H13Br3N2OS/c15-9-3-7-1-2-20-13(7)8(4-9)5-11(19-18)10-6-12(16)21-14(10)17/h3-4,6,11,19H,1-2,5,18H2. The Balaban J connectivity index is 1.93. The summed E-state index contributed by atoms with van der Waals surface area (Å²) in [6.07, 6.45) is 1.75. The van der Waals surface area contributed by atoms with Gasteiger partial charge in [0.15, 0.2) is 0 Å². The number of rotatable bonds is 4. The van der Waals surface area contributed by atoms with Crippen LogP contribution in [0.1, 0.15) is 22.7 Å². The second-order valence-corrected chi connectivity index (χ2v) is 9.52. The normalized spacial score (nSPS) is 14.9. The number of hydrogen-bond donors (Lipinski definition) is 2. The predicted octanol–water partition coefficient (Wildman–Crippen LogP) is 4.72. The Bertz CT molecular complexity index is 674. The highest BCUT2D eigenvalue weighted by atomic mass is 79.9. The fourth-order valence-electron chi connectivity index (χ4n) is 2.57. The van der Waals surface area contributed by atoms with Crippen molar-refractivity contribution >= 4 is 59.1 Å². The third-order valence-electron chi connectivity index (χ3n) is 3.51. The fourth-order valence-corrected chi connectivity index (χ4v) is 6.09. The largest absolute Gasteiger partial charge is 0.493 e. The molecule has 0 amide bonds. The number of thiophene rings is 1. The molecule has 7 heteroatoms. The van der Waals surface area contributed by atoms with Crippen LogP contribution in [0, 0.1) is 0 Å². The number of hydrogen-bond acceptors (Lipinski definition) is 4. The minimum absolute atomic E-state index is 0.0320. The minimum atomic E-state index is 0.0320. The van der Waals surface area contributed by atoms with Crippen LogP contribution in [-0.2, 0) is 12.8 Å². The molecule has 2 aromatic rings. The molecule has 1 atom stereocenters. The van der Waals surface area contributed by atoms with Crippen LogP contribution in [0.4, 0.5) is 0 Å². The second kappa shape index (κ2) is 6.68. The van der Waals surface area contributed by atoms with E-state index in [4.69, 9.17) is 10.6 Å². The highest BCUT2D eigenvalue weighted by Crippen LogP contribution is 2.39. The molecular formula is C14H13Br3N2OS. The monoisotopic (exact) mass is 494 g/mol. The highest BCUT2D eigenvalue weighted by Gasteiger charge is 2.22. The molecule has 3 rings (SSSR count). The zero-order chi connectivity index (χ0) is 15.0. The summed E-state index contributed by atoms with van der Waals surface area (Å²) >= 11 is 12.3. The maximum atomic E-state index is 5.79. The molecule has 2 heterocycles. The van der Waals surface area contributed by atoms with Gasteiger partial charge in [-0.3, -0.25) is 11.3 Å². The zero-order valence-electron chi connectivity index (χ0n) is 11.0. The van der Waals surface area contributed by atoms with Crippen molar-refractivity contribution in [2.75, 3.05) is 6.61 Å². The van der Waals surface area contributed by atoms with Gasteiger partial charge in [-0.2, -0.15) is 0 Å². The Hall–Kier alpha value is 0.0800. The summed E-state index contributed by atoms with van der Waals surface area (Å²) in [7, 11) is 0. The van der Waals surface area contributed by atoms with Gasteiger partial charge in [-0.1, -0.05) is 15.9 Å². The second-order valence-electron chi connectivity index (χ2n) is 4.85. The Morgan fingerprint density at radius 3 is 2.76 bits per heavy atom. The van der Waals surface area contributed by atoms with Crippen LogP contribution >= 0.6 is 59.1 Å². The van der Waals surface area contributed by atoms with Crippen molar-refractivity contribution in [3.63, 3.8) is 0 Å². The number of ether oxygens (including phenoxy) is 1. The van der Waals surface area contributed by atoms with Gasteiger partial charge in [-0.25, -0.2) is 0 Å². The van der Waals surface area contributed by atoms with Crippen molar-refractivity contribution in [2.24, 2.45) is 5.84 Å². The molecule has 1 aromatic heterocycles. The van der Waals surface area contributed by atoms with Gasteiger partial charge >= 0.3 is 0 Å². The number of halogens is 3. The van der Waals surface area contributed by atoms with E-state index in [0.29, 0.717) is 0 Å². The lowest BCUT2D eigenvalue weighted by atomic mass is 9.99. The van der Waals surface area contributed by atoms with Crippen molar-refractivity contribution in [2.45, 2.75) is 18.9 Å². The van der Waals surface area contributed by atoms with E-state index in [2.05, 4.69) is 71.4 Å². The Kier molecular flexibility index (Phi) is 5.08. The summed E-state index contributed by atoms with van der Waals surface area (Å²) in [5.41, 5.74) is 6.51. The van der Waals surface area contributed by atoms with Gasteiger partial charge in [-0.05, 0) is 73.2 Å². The van der Waals surface area contributed by atoms with Gasteiger partial charge in [0.25, 0.3) is 0 Å². The van der Waals surface area contributed by atoms with Crippen molar-refractivity contribution < 1.29 is 4.74 Å². The molecule has 3 N–H and O–H groups in total. The quantitative estimate of drug-likeness (QED) is 0.475. The van der Waals surface area contributed by atoms with Crippen molar-refractivity contribution in [1.82, 2.24) is 5.43 Å². The molecule has 112 valence electrons. The molecule has 3 nitrogen and oxygen atoms in total. The van der Waals surface area contributed by atoms with Crippen LogP contribution in [0.3, 0.4) is 0 Å². The molecule has 1 aliphatic rings. The molecule has 1 aliphatic heterocycles. The summed E-state index contributed by atoms with van der Waals surface area (Å²) < 4.78 is 9.05. The number of hydrazine groups is 1. The van der Waals surface area contributed by atoms with Crippen LogP contribution in [0.5, 0.6) is 5.75 Å². The SMILES string of the molecule is NNC(Cc1cc(Br)cc2c1OCC2)c1cc(Br)sc1Br. The highest BCUT2D eigenvalue weighted by molar-refractivity contribution is 9.12. The molecule has 1 unspecified atom stereocenters. The van der Waals surface area contributed by atoms with Crippen molar-refractivity contribution in [1.29, 1.82) is 0 Å². The third-order valence-corrected chi connectivity index (χ3v) is 6.35. The first kappa shape index (κ1) is 16.0. The summed E-state index contributed by atoms with van der Waals surface area (Å²) in [5, 5.41) is 0. The molecule has 0 saturated heterocycles. The number of benzene rings is 1.